The average Bonchev–Trinajstić information content (AvgIpc) is 2.53. The van der Waals surface area contributed by atoms with Crippen molar-refractivity contribution in [2.45, 2.75) is 18.1 Å². The molecule has 0 radical (unpaired) electrons. The molecule has 2 rings (SSSR count). The Hall–Kier alpha value is -0.880. The molecule has 0 amide bonds. The highest BCUT2D eigenvalue weighted by Crippen LogP contribution is 2.19. The van der Waals surface area contributed by atoms with Gasteiger partial charge in [0, 0.05) is 6.54 Å². The first-order valence-electron chi connectivity index (χ1n) is 3.63. The molecule has 0 atom stereocenters. The van der Waals surface area contributed by atoms with E-state index in [9.17, 15) is 8.42 Å². The topological polar surface area (TPSA) is 78.0 Å². The molecule has 0 saturated heterocycles. The van der Waals surface area contributed by atoms with Crippen LogP contribution in [-0.2, 0) is 22.9 Å². The second-order valence-electron chi connectivity index (χ2n) is 2.72. The largest absolute Gasteiger partial charge is 0.325 e. The number of aromatic nitrogens is 2. The molecule has 1 aliphatic rings. The van der Waals surface area contributed by atoms with Crippen molar-refractivity contribution in [2.75, 3.05) is 5.75 Å². The monoisotopic (exact) mass is 187 g/mol. The molecule has 0 bridgehead atoms. The molecule has 0 aromatic carbocycles. The van der Waals surface area contributed by atoms with Crippen molar-refractivity contribution >= 4 is 9.84 Å². The van der Waals surface area contributed by atoms with E-state index < -0.39 is 9.84 Å². The van der Waals surface area contributed by atoms with E-state index >= 15 is 0 Å². The van der Waals surface area contributed by atoms with E-state index in [4.69, 9.17) is 5.73 Å². The normalized spacial score (nSPS) is 19.4. The predicted octanol–water partition coefficient (Wildman–Crippen LogP) is -0.871. The number of nitrogens with two attached hydrogens (primary N) is 1. The van der Waals surface area contributed by atoms with Crippen molar-refractivity contribution in [1.29, 1.82) is 0 Å². The van der Waals surface area contributed by atoms with Crippen molar-refractivity contribution < 1.29 is 8.42 Å². The molecule has 5 nitrogen and oxygen atoms in total. The average molecular weight is 187 g/mol. The molecular formula is C6H9N3O2S. The molecule has 2 N–H and O–H groups in total. The highest BCUT2D eigenvalue weighted by molar-refractivity contribution is 7.91. The van der Waals surface area contributed by atoms with Gasteiger partial charge in [-0.05, 0) is 6.07 Å². The van der Waals surface area contributed by atoms with Crippen LogP contribution in [0.1, 0.15) is 5.69 Å². The van der Waals surface area contributed by atoms with Crippen LogP contribution in [0, 0.1) is 0 Å². The molecule has 2 heterocycles. The SMILES string of the molecule is NCc1cc2n(n1)CCS2(=O)=O. The Kier molecular flexibility index (Phi) is 1.49. The van der Waals surface area contributed by atoms with Crippen LogP contribution in [0.15, 0.2) is 11.1 Å². The summed E-state index contributed by atoms with van der Waals surface area (Å²) in [7, 11) is -3.05. The third kappa shape index (κ3) is 0.953. The second kappa shape index (κ2) is 2.30. The summed E-state index contributed by atoms with van der Waals surface area (Å²) in [6.07, 6.45) is 0. The van der Waals surface area contributed by atoms with Gasteiger partial charge in [-0.1, -0.05) is 0 Å². The van der Waals surface area contributed by atoms with Gasteiger partial charge >= 0.3 is 0 Å². The van der Waals surface area contributed by atoms with Gasteiger partial charge in [-0.3, -0.25) is 4.68 Å². The Balaban J connectivity index is 2.59. The number of sulfone groups is 1. The Morgan fingerprint density at radius 2 is 2.42 bits per heavy atom. The number of aryl methyl sites for hydroxylation is 1. The summed E-state index contributed by atoms with van der Waals surface area (Å²) in [5.41, 5.74) is 5.96. The maximum absolute atomic E-state index is 11.3. The van der Waals surface area contributed by atoms with Gasteiger partial charge in [0.05, 0.1) is 18.0 Å². The number of rotatable bonds is 1. The third-order valence-corrected chi connectivity index (χ3v) is 3.58. The van der Waals surface area contributed by atoms with E-state index in [1.807, 2.05) is 0 Å². The van der Waals surface area contributed by atoms with Gasteiger partial charge in [0.25, 0.3) is 0 Å². The quantitative estimate of drug-likeness (QED) is 0.620. The van der Waals surface area contributed by atoms with E-state index in [0.29, 0.717) is 17.3 Å². The lowest BCUT2D eigenvalue weighted by molar-refractivity contribution is 0.596. The summed E-state index contributed by atoms with van der Waals surface area (Å²) in [4.78, 5) is 0. The van der Waals surface area contributed by atoms with Gasteiger partial charge in [-0.25, -0.2) is 8.42 Å². The van der Waals surface area contributed by atoms with Gasteiger partial charge < -0.3 is 5.73 Å². The predicted molar refractivity (Wildman–Crippen MR) is 42.2 cm³/mol. The molecule has 0 aliphatic carbocycles. The van der Waals surface area contributed by atoms with Crippen LogP contribution in [0.25, 0.3) is 0 Å². The fraction of sp³-hybridized carbons (Fsp3) is 0.500. The van der Waals surface area contributed by atoms with Gasteiger partial charge in [0.2, 0.25) is 0 Å². The molecular weight excluding hydrogens is 178 g/mol. The zero-order valence-corrected chi connectivity index (χ0v) is 7.21. The van der Waals surface area contributed by atoms with E-state index in [1.165, 1.54) is 4.68 Å². The molecule has 66 valence electrons. The van der Waals surface area contributed by atoms with Crippen molar-refractivity contribution in [3.63, 3.8) is 0 Å². The summed E-state index contributed by atoms with van der Waals surface area (Å²) in [6, 6.07) is 1.54. The van der Waals surface area contributed by atoms with Gasteiger partial charge in [-0.2, -0.15) is 5.10 Å². The summed E-state index contributed by atoms with van der Waals surface area (Å²) in [5.74, 6) is 0.167. The Labute approximate surface area is 70.1 Å². The lowest BCUT2D eigenvalue weighted by atomic mass is 10.4. The minimum Gasteiger partial charge on any atom is -0.325 e. The van der Waals surface area contributed by atoms with Crippen LogP contribution in [0.4, 0.5) is 0 Å². The second-order valence-corrected chi connectivity index (χ2v) is 4.78. The van der Waals surface area contributed by atoms with Crippen LogP contribution in [0.2, 0.25) is 0 Å². The Morgan fingerprint density at radius 1 is 1.67 bits per heavy atom. The molecule has 0 fully saturated rings. The fourth-order valence-electron chi connectivity index (χ4n) is 1.27. The molecule has 1 aromatic rings. The molecule has 0 spiro atoms. The maximum Gasteiger partial charge on any atom is 0.197 e. The molecule has 0 unspecified atom stereocenters. The van der Waals surface area contributed by atoms with Crippen molar-refractivity contribution in [1.82, 2.24) is 9.78 Å². The molecule has 1 aromatic heterocycles. The third-order valence-electron chi connectivity index (χ3n) is 1.89. The zero-order valence-electron chi connectivity index (χ0n) is 6.40. The minimum atomic E-state index is -3.05. The number of nitrogens with zero attached hydrogens (tertiary/aromatic N) is 2. The number of fused-ring (bicyclic) bond motifs is 1. The van der Waals surface area contributed by atoms with Crippen molar-refractivity contribution in [3.8, 4) is 0 Å². The van der Waals surface area contributed by atoms with Crippen LogP contribution >= 0.6 is 0 Å². The highest BCUT2D eigenvalue weighted by atomic mass is 32.2. The first-order chi connectivity index (χ1) is 5.63. The smallest absolute Gasteiger partial charge is 0.197 e. The van der Waals surface area contributed by atoms with Crippen molar-refractivity contribution in [2.24, 2.45) is 5.73 Å². The molecule has 12 heavy (non-hydrogen) atoms. The fourth-order valence-corrected chi connectivity index (χ4v) is 2.66. The maximum atomic E-state index is 11.3. The summed E-state index contributed by atoms with van der Waals surface area (Å²) < 4.78 is 24.1. The van der Waals surface area contributed by atoms with E-state index in [2.05, 4.69) is 5.10 Å². The van der Waals surface area contributed by atoms with E-state index in [0.717, 1.165) is 0 Å². The number of hydrogen-bond donors (Lipinski definition) is 1. The van der Waals surface area contributed by atoms with Gasteiger partial charge in [-0.15, -0.1) is 0 Å². The Bertz CT molecular complexity index is 406. The standard InChI is InChI=1S/C6H9N3O2S/c7-4-5-3-6-9(8-5)1-2-12(6,10)11/h3H,1-2,4,7H2. The number of hydrogen-bond acceptors (Lipinski definition) is 4. The minimum absolute atomic E-state index is 0.167. The van der Waals surface area contributed by atoms with Gasteiger partial charge in [0.15, 0.2) is 14.9 Å². The van der Waals surface area contributed by atoms with Crippen LogP contribution in [-0.4, -0.2) is 24.0 Å². The van der Waals surface area contributed by atoms with Gasteiger partial charge in [0.1, 0.15) is 0 Å². The summed E-state index contributed by atoms with van der Waals surface area (Å²) in [5, 5.41) is 4.33. The van der Waals surface area contributed by atoms with E-state index in [-0.39, 0.29) is 12.3 Å². The van der Waals surface area contributed by atoms with E-state index in [1.54, 1.807) is 6.07 Å². The Morgan fingerprint density at radius 3 is 3.00 bits per heavy atom. The summed E-state index contributed by atoms with van der Waals surface area (Å²) >= 11 is 0. The van der Waals surface area contributed by atoms with Crippen LogP contribution in [0.5, 0.6) is 0 Å². The lowest BCUT2D eigenvalue weighted by Crippen LogP contribution is -2.02. The molecule has 1 aliphatic heterocycles. The molecule has 6 heteroatoms. The lowest BCUT2D eigenvalue weighted by Gasteiger charge is -1.88. The van der Waals surface area contributed by atoms with Crippen LogP contribution in [0.3, 0.4) is 0 Å². The highest BCUT2D eigenvalue weighted by Gasteiger charge is 2.27. The first kappa shape index (κ1) is 7.75. The first-order valence-corrected chi connectivity index (χ1v) is 5.28. The molecule has 0 saturated carbocycles. The zero-order chi connectivity index (χ0) is 8.77. The van der Waals surface area contributed by atoms with Crippen LogP contribution < -0.4 is 5.73 Å². The van der Waals surface area contributed by atoms with Crippen molar-refractivity contribution in [3.05, 3.63) is 11.8 Å². The summed E-state index contributed by atoms with van der Waals surface area (Å²) in [6.45, 7) is 0.743.